The van der Waals surface area contributed by atoms with Gasteiger partial charge in [0.05, 0.1) is 24.4 Å². The number of anilines is 2. The highest BCUT2D eigenvalue weighted by Gasteiger charge is 2.45. The third-order valence-corrected chi connectivity index (χ3v) is 8.08. The molecule has 39 heavy (non-hydrogen) atoms. The van der Waals surface area contributed by atoms with Crippen LogP contribution < -0.4 is 14.9 Å². The van der Waals surface area contributed by atoms with Crippen molar-refractivity contribution < 1.29 is 32.6 Å². The summed E-state index contributed by atoms with van der Waals surface area (Å²) in [7, 11) is -2.37. The van der Waals surface area contributed by atoms with E-state index in [1.54, 1.807) is 30.3 Å². The van der Waals surface area contributed by atoms with Crippen LogP contribution in [0.2, 0.25) is 0 Å². The smallest absolute Gasteiger partial charge is 0.407 e. The molecular formula is C26H36FN5O6S. The number of carbonyl (C=O) groups is 2. The molecule has 13 heteroatoms. The number of alkyl halides is 1. The Labute approximate surface area is 228 Å². The highest BCUT2D eigenvalue weighted by Crippen LogP contribution is 2.27. The second kappa shape index (κ2) is 12.6. The van der Waals surface area contributed by atoms with Gasteiger partial charge in [-0.2, -0.15) is 0 Å². The molecule has 0 radical (unpaired) electrons. The minimum absolute atomic E-state index is 0.00720. The van der Waals surface area contributed by atoms with Crippen LogP contribution in [0, 0.1) is 0 Å². The van der Waals surface area contributed by atoms with Crippen molar-refractivity contribution in [2.45, 2.75) is 63.5 Å². The normalized spacial score (nSPS) is 19.7. The first kappa shape index (κ1) is 30.1. The van der Waals surface area contributed by atoms with Gasteiger partial charge in [-0.05, 0) is 43.9 Å². The van der Waals surface area contributed by atoms with E-state index in [4.69, 9.17) is 0 Å². The van der Waals surface area contributed by atoms with Crippen molar-refractivity contribution in [2.24, 2.45) is 0 Å². The zero-order valence-corrected chi connectivity index (χ0v) is 23.2. The number of aromatic nitrogens is 1. The maximum Gasteiger partial charge on any atom is 0.407 e. The Kier molecular flexibility index (Phi) is 9.73. The molecule has 0 spiro atoms. The van der Waals surface area contributed by atoms with Gasteiger partial charge in [-0.15, -0.1) is 0 Å². The molecule has 1 aliphatic heterocycles. The van der Waals surface area contributed by atoms with Crippen LogP contribution in [-0.2, 0) is 16.4 Å². The number of likely N-dealkylation sites (tertiary alicyclic amines) is 1. The fraction of sp³-hybridized carbons (Fsp3) is 0.500. The molecule has 0 saturated carbocycles. The summed E-state index contributed by atoms with van der Waals surface area (Å²) in [5.74, 6) is -0.380. The standard InChI is InChI=1S/C26H36FN5O6S/c1-5-16(2)28-21-14-18(15-22(30-21)31(3)39(4,37)38)25(34)29-20(13-17-9-7-6-8-10-17)24(33)23-19(27)11-12-32(23)26(35)36/h6-10,14-16,19-20,23-24,33H,5,11-13H2,1-4H3,(H,28,30)(H,29,34)(H,35,36)/t16-,19?,20?,23?,24?/m0/s1. The molecule has 5 atom stereocenters. The van der Waals surface area contributed by atoms with E-state index in [0.29, 0.717) is 0 Å². The lowest BCUT2D eigenvalue weighted by atomic mass is 9.94. The molecule has 0 aliphatic carbocycles. The Bertz CT molecular complexity index is 1260. The summed E-state index contributed by atoms with van der Waals surface area (Å²) >= 11 is 0. The van der Waals surface area contributed by atoms with Crippen molar-refractivity contribution >= 4 is 33.7 Å². The highest BCUT2D eigenvalue weighted by atomic mass is 32.2. The summed E-state index contributed by atoms with van der Waals surface area (Å²) in [6, 6.07) is 9.25. The van der Waals surface area contributed by atoms with Crippen molar-refractivity contribution in [3.05, 3.63) is 53.6 Å². The third-order valence-electron chi connectivity index (χ3n) is 6.90. The van der Waals surface area contributed by atoms with Gasteiger partial charge in [-0.25, -0.2) is 22.6 Å². The number of hydrogen-bond acceptors (Lipinski definition) is 7. The average Bonchev–Trinajstić information content (AvgIpc) is 3.28. The van der Waals surface area contributed by atoms with Crippen molar-refractivity contribution in [3.63, 3.8) is 0 Å². The summed E-state index contributed by atoms with van der Waals surface area (Å²) in [4.78, 5) is 30.4. The highest BCUT2D eigenvalue weighted by molar-refractivity contribution is 7.92. The van der Waals surface area contributed by atoms with Crippen LogP contribution in [0.4, 0.5) is 20.8 Å². The molecule has 0 bridgehead atoms. The van der Waals surface area contributed by atoms with E-state index in [1.165, 1.54) is 19.2 Å². The van der Waals surface area contributed by atoms with E-state index < -0.39 is 46.4 Å². The van der Waals surface area contributed by atoms with Gasteiger partial charge >= 0.3 is 6.09 Å². The second-order valence-electron chi connectivity index (χ2n) is 9.81. The monoisotopic (exact) mass is 565 g/mol. The summed E-state index contributed by atoms with van der Waals surface area (Å²) in [6.45, 7) is 3.79. The molecule has 3 rings (SSSR count). The number of rotatable bonds is 11. The van der Waals surface area contributed by atoms with Crippen LogP contribution in [0.3, 0.4) is 0 Å². The molecule has 2 heterocycles. The zero-order valence-electron chi connectivity index (χ0n) is 22.4. The van der Waals surface area contributed by atoms with Crippen molar-refractivity contribution in [2.75, 3.05) is 29.5 Å². The number of pyridine rings is 1. The fourth-order valence-electron chi connectivity index (χ4n) is 4.42. The van der Waals surface area contributed by atoms with E-state index in [9.17, 15) is 32.6 Å². The SMILES string of the molecule is CC[C@H](C)Nc1cc(C(=O)NC(Cc2ccccc2)C(O)C2C(F)CCN2C(=O)O)cc(N(C)S(C)(=O)=O)n1. The number of sulfonamides is 1. The minimum atomic E-state index is -3.69. The first-order valence-corrected chi connectivity index (χ1v) is 14.6. The molecule has 214 valence electrons. The van der Waals surface area contributed by atoms with Gasteiger partial charge < -0.3 is 20.8 Å². The first-order valence-electron chi connectivity index (χ1n) is 12.7. The van der Waals surface area contributed by atoms with Crippen molar-refractivity contribution in [3.8, 4) is 0 Å². The predicted octanol–water partition coefficient (Wildman–Crippen LogP) is 2.48. The lowest BCUT2D eigenvalue weighted by Crippen LogP contribution is -2.56. The number of aliphatic hydroxyl groups excluding tert-OH is 1. The molecule has 1 aromatic carbocycles. The Morgan fingerprint density at radius 2 is 1.92 bits per heavy atom. The van der Waals surface area contributed by atoms with E-state index in [2.05, 4.69) is 15.6 Å². The van der Waals surface area contributed by atoms with Gasteiger partial charge in [0.25, 0.3) is 5.91 Å². The Hall–Kier alpha value is -3.45. The number of carbonyl (C=O) groups excluding carboxylic acids is 1. The Balaban J connectivity index is 1.98. The number of halogens is 1. The molecule has 1 aliphatic rings. The largest absolute Gasteiger partial charge is 0.465 e. The summed E-state index contributed by atoms with van der Waals surface area (Å²) < 4.78 is 40.1. The molecule has 4 unspecified atom stereocenters. The van der Waals surface area contributed by atoms with E-state index in [1.807, 2.05) is 13.8 Å². The van der Waals surface area contributed by atoms with Crippen molar-refractivity contribution in [1.82, 2.24) is 15.2 Å². The first-order chi connectivity index (χ1) is 18.3. The molecule has 2 aromatic rings. The van der Waals surface area contributed by atoms with Crippen LogP contribution in [-0.4, -0.2) is 90.8 Å². The maximum atomic E-state index is 14.8. The third kappa shape index (κ3) is 7.57. The molecule has 1 aromatic heterocycles. The predicted molar refractivity (Wildman–Crippen MR) is 146 cm³/mol. The van der Waals surface area contributed by atoms with Gasteiger partial charge in [-0.1, -0.05) is 37.3 Å². The number of nitrogens with zero attached hydrogens (tertiary/aromatic N) is 3. The van der Waals surface area contributed by atoms with Crippen LogP contribution in [0.1, 0.15) is 42.6 Å². The van der Waals surface area contributed by atoms with E-state index >= 15 is 0 Å². The number of aliphatic hydroxyl groups is 1. The molecule has 2 amide bonds. The number of benzene rings is 1. The lowest BCUT2D eigenvalue weighted by Gasteiger charge is -2.33. The molecule has 1 saturated heterocycles. The second-order valence-corrected chi connectivity index (χ2v) is 11.8. The van der Waals surface area contributed by atoms with Gasteiger partial charge in [0.1, 0.15) is 17.8 Å². The number of hydrogen-bond donors (Lipinski definition) is 4. The number of carboxylic acid groups (broad SMARTS) is 1. The number of amides is 2. The van der Waals surface area contributed by atoms with E-state index in [-0.39, 0.29) is 42.6 Å². The maximum absolute atomic E-state index is 14.8. The van der Waals surface area contributed by atoms with E-state index in [0.717, 1.165) is 27.4 Å². The van der Waals surface area contributed by atoms with Crippen LogP contribution in [0.5, 0.6) is 0 Å². The van der Waals surface area contributed by atoms with Crippen molar-refractivity contribution in [1.29, 1.82) is 0 Å². The molecular weight excluding hydrogens is 529 g/mol. The topological polar surface area (TPSA) is 152 Å². The molecule has 4 N–H and O–H groups in total. The van der Waals surface area contributed by atoms with Crippen LogP contribution in [0.15, 0.2) is 42.5 Å². The quantitative estimate of drug-likeness (QED) is 0.324. The average molecular weight is 566 g/mol. The zero-order chi connectivity index (χ0) is 28.9. The minimum Gasteiger partial charge on any atom is -0.465 e. The van der Waals surface area contributed by atoms with Gasteiger partial charge in [0.2, 0.25) is 10.0 Å². The molecule has 1 fully saturated rings. The number of nitrogens with one attached hydrogen (secondary N) is 2. The Morgan fingerprint density at radius 3 is 2.51 bits per heavy atom. The summed E-state index contributed by atoms with van der Waals surface area (Å²) in [5.41, 5.74) is 0.799. The lowest BCUT2D eigenvalue weighted by molar-refractivity contribution is 0.0205. The van der Waals surface area contributed by atoms with Crippen LogP contribution >= 0.6 is 0 Å². The molecule has 11 nitrogen and oxygen atoms in total. The van der Waals surface area contributed by atoms with Gasteiger partial charge in [-0.3, -0.25) is 14.0 Å². The fourth-order valence-corrected chi connectivity index (χ4v) is 4.85. The summed E-state index contributed by atoms with van der Waals surface area (Å²) in [6.07, 6.45) is -2.72. The Morgan fingerprint density at radius 1 is 1.26 bits per heavy atom. The van der Waals surface area contributed by atoms with Gasteiger partial charge in [0.15, 0.2) is 0 Å². The van der Waals surface area contributed by atoms with Crippen LogP contribution in [0.25, 0.3) is 0 Å². The summed E-state index contributed by atoms with van der Waals surface area (Å²) in [5, 5.41) is 26.7. The van der Waals surface area contributed by atoms with Gasteiger partial charge in [0, 0.05) is 25.2 Å².